The van der Waals surface area contributed by atoms with Crippen LogP contribution in [-0.2, 0) is 11.3 Å². The van der Waals surface area contributed by atoms with Gasteiger partial charge in [0.25, 0.3) is 5.56 Å². The van der Waals surface area contributed by atoms with Crippen molar-refractivity contribution in [2.24, 2.45) is 0 Å². The fraction of sp³-hybridized carbons (Fsp3) is 0.667. The molecule has 1 fully saturated rings. The van der Waals surface area contributed by atoms with Crippen LogP contribution in [0.5, 0.6) is 0 Å². The Kier molecular flexibility index (Phi) is 4.33. The predicted molar refractivity (Wildman–Crippen MR) is 67.6 cm³/mol. The summed E-state index contributed by atoms with van der Waals surface area (Å²) in [4.78, 5) is 29.4. The quantitative estimate of drug-likeness (QED) is 0.795. The Hall–Kier alpha value is -1.40. The first-order valence-electron chi connectivity index (χ1n) is 6.34. The van der Waals surface area contributed by atoms with Crippen LogP contribution in [0.25, 0.3) is 0 Å². The maximum absolute atomic E-state index is 11.6. The second-order valence-corrected chi connectivity index (χ2v) is 4.53. The van der Waals surface area contributed by atoms with E-state index in [1.165, 1.54) is 6.20 Å². The van der Waals surface area contributed by atoms with Gasteiger partial charge in [0.2, 0.25) is 0 Å². The highest BCUT2D eigenvalue weighted by molar-refractivity contribution is 5.03. The van der Waals surface area contributed by atoms with Gasteiger partial charge in [-0.1, -0.05) is 0 Å². The lowest BCUT2D eigenvalue weighted by atomic mass is 10.1. The number of ether oxygens (including phenoxy) is 1. The Morgan fingerprint density at radius 1 is 1.39 bits per heavy atom. The molecule has 1 aliphatic heterocycles. The molecule has 1 aliphatic rings. The van der Waals surface area contributed by atoms with Crippen molar-refractivity contribution in [3.05, 3.63) is 32.6 Å². The van der Waals surface area contributed by atoms with Gasteiger partial charge in [0.15, 0.2) is 0 Å². The van der Waals surface area contributed by atoms with Crippen LogP contribution < -0.4 is 11.2 Å². The van der Waals surface area contributed by atoms with Crippen molar-refractivity contribution in [3.63, 3.8) is 0 Å². The average Bonchev–Trinajstić information content (AvgIpc) is 2.35. The SMILES string of the molecule is CCOC1CCN(Cc2c[nH]c(=O)[nH]c2=O)CC1. The van der Waals surface area contributed by atoms with Crippen LogP contribution in [0.1, 0.15) is 25.3 Å². The number of aromatic amines is 2. The summed E-state index contributed by atoms with van der Waals surface area (Å²) in [5.41, 5.74) is -0.158. The topological polar surface area (TPSA) is 78.2 Å². The molecule has 0 amide bonds. The van der Waals surface area contributed by atoms with Crippen LogP contribution in [0.4, 0.5) is 0 Å². The highest BCUT2D eigenvalue weighted by Crippen LogP contribution is 2.14. The smallest absolute Gasteiger partial charge is 0.325 e. The molecule has 2 rings (SSSR count). The average molecular weight is 253 g/mol. The van der Waals surface area contributed by atoms with E-state index in [9.17, 15) is 9.59 Å². The van der Waals surface area contributed by atoms with Crippen LogP contribution in [0.2, 0.25) is 0 Å². The Morgan fingerprint density at radius 2 is 2.11 bits per heavy atom. The zero-order chi connectivity index (χ0) is 13.0. The van der Waals surface area contributed by atoms with Gasteiger partial charge in [-0.3, -0.25) is 14.7 Å². The van der Waals surface area contributed by atoms with Gasteiger partial charge in [-0.25, -0.2) is 4.79 Å². The molecule has 2 heterocycles. The van der Waals surface area contributed by atoms with Gasteiger partial charge in [-0.2, -0.15) is 0 Å². The summed E-state index contributed by atoms with van der Waals surface area (Å²) in [5, 5.41) is 0. The number of aromatic nitrogens is 2. The first-order valence-corrected chi connectivity index (χ1v) is 6.34. The van der Waals surface area contributed by atoms with E-state index in [4.69, 9.17) is 4.74 Å². The summed E-state index contributed by atoms with van der Waals surface area (Å²) in [6.45, 7) is 5.17. The van der Waals surface area contributed by atoms with Gasteiger partial charge in [-0.05, 0) is 19.8 Å². The largest absolute Gasteiger partial charge is 0.378 e. The second kappa shape index (κ2) is 5.97. The Bertz CT molecular complexity index is 486. The summed E-state index contributed by atoms with van der Waals surface area (Å²) in [6, 6.07) is 0. The number of rotatable bonds is 4. The molecule has 1 saturated heterocycles. The Morgan fingerprint density at radius 3 is 2.72 bits per heavy atom. The minimum atomic E-state index is -0.459. The van der Waals surface area contributed by atoms with Crippen LogP contribution in [0, 0.1) is 0 Å². The molecular formula is C12H19N3O3. The summed E-state index contributed by atoms with van der Waals surface area (Å²) < 4.78 is 5.58. The van der Waals surface area contributed by atoms with Crippen LogP contribution in [0.3, 0.4) is 0 Å². The van der Waals surface area contributed by atoms with Gasteiger partial charge >= 0.3 is 5.69 Å². The fourth-order valence-corrected chi connectivity index (χ4v) is 2.27. The number of hydrogen-bond acceptors (Lipinski definition) is 4. The fourth-order valence-electron chi connectivity index (χ4n) is 2.27. The van der Waals surface area contributed by atoms with E-state index in [0.717, 1.165) is 32.5 Å². The van der Waals surface area contributed by atoms with E-state index in [1.54, 1.807) is 0 Å². The third kappa shape index (κ3) is 3.30. The number of hydrogen-bond donors (Lipinski definition) is 2. The molecule has 2 N–H and O–H groups in total. The number of nitrogens with zero attached hydrogens (tertiary/aromatic N) is 1. The lowest BCUT2D eigenvalue weighted by Crippen LogP contribution is -2.38. The van der Waals surface area contributed by atoms with E-state index >= 15 is 0 Å². The second-order valence-electron chi connectivity index (χ2n) is 4.53. The molecule has 100 valence electrons. The Balaban J connectivity index is 1.91. The van der Waals surface area contributed by atoms with Crippen molar-refractivity contribution >= 4 is 0 Å². The van der Waals surface area contributed by atoms with Crippen molar-refractivity contribution in [1.29, 1.82) is 0 Å². The van der Waals surface area contributed by atoms with Gasteiger partial charge in [-0.15, -0.1) is 0 Å². The van der Waals surface area contributed by atoms with Crippen molar-refractivity contribution in [3.8, 4) is 0 Å². The van der Waals surface area contributed by atoms with Crippen LogP contribution in [0.15, 0.2) is 15.8 Å². The van der Waals surface area contributed by atoms with Crippen molar-refractivity contribution in [2.45, 2.75) is 32.4 Å². The van der Waals surface area contributed by atoms with Crippen molar-refractivity contribution < 1.29 is 4.74 Å². The van der Waals surface area contributed by atoms with Gasteiger partial charge in [0.05, 0.1) is 6.10 Å². The van der Waals surface area contributed by atoms with Gasteiger partial charge < -0.3 is 9.72 Å². The third-order valence-corrected chi connectivity index (χ3v) is 3.23. The molecule has 6 nitrogen and oxygen atoms in total. The zero-order valence-corrected chi connectivity index (χ0v) is 10.6. The number of likely N-dealkylation sites (tertiary alicyclic amines) is 1. The first-order chi connectivity index (χ1) is 8.69. The summed E-state index contributed by atoms with van der Waals surface area (Å²) in [5.74, 6) is 0. The van der Waals surface area contributed by atoms with Gasteiger partial charge in [0, 0.05) is 38.0 Å². The number of nitrogens with one attached hydrogen (secondary N) is 2. The van der Waals surface area contributed by atoms with E-state index in [0.29, 0.717) is 18.2 Å². The minimum Gasteiger partial charge on any atom is -0.378 e. The molecule has 0 bridgehead atoms. The summed E-state index contributed by atoms with van der Waals surface area (Å²) >= 11 is 0. The van der Waals surface area contributed by atoms with Gasteiger partial charge in [0.1, 0.15) is 0 Å². The molecule has 0 aromatic carbocycles. The first kappa shape index (κ1) is 13.0. The highest BCUT2D eigenvalue weighted by atomic mass is 16.5. The maximum Gasteiger partial charge on any atom is 0.325 e. The molecule has 0 unspecified atom stereocenters. The third-order valence-electron chi connectivity index (χ3n) is 3.23. The van der Waals surface area contributed by atoms with Crippen LogP contribution >= 0.6 is 0 Å². The molecule has 0 aliphatic carbocycles. The molecular weight excluding hydrogens is 234 g/mol. The summed E-state index contributed by atoms with van der Waals surface area (Å²) in [6.07, 6.45) is 3.83. The molecule has 1 aromatic heterocycles. The van der Waals surface area contributed by atoms with E-state index < -0.39 is 5.69 Å². The number of piperidine rings is 1. The lowest BCUT2D eigenvalue weighted by molar-refractivity contribution is 0.0124. The maximum atomic E-state index is 11.6. The molecule has 0 saturated carbocycles. The predicted octanol–water partition coefficient (Wildman–Crippen LogP) is 0.0641. The zero-order valence-electron chi connectivity index (χ0n) is 10.6. The molecule has 1 aromatic rings. The standard InChI is InChI=1S/C12H19N3O3/c1-2-18-10-3-5-15(6-4-10)8-9-7-13-12(17)14-11(9)16/h7,10H,2-6,8H2,1H3,(H2,13,14,16,17). The number of H-pyrrole nitrogens is 2. The van der Waals surface area contributed by atoms with E-state index in [1.807, 2.05) is 6.92 Å². The van der Waals surface area contributed by atoms with Crippen molar-refractivity contribution in [1.82, 2.24) is 14.9 Å². The molecule has 0 radical (unpaired) electrons. The van der Waals surface area contributed by atoms with E-state index in [-0.39, 0.29) is 5.56 Å². The molecule has 6 heteroatoms. The lowest BCUT2D eigenvalue weighted by Gasteiger charge is -2.31. The molecule has 0 atom stereocenters. The van der Waals surface area contributed by atoms with E-state index in [2.05, 4.69) is 14.9 Å². The normalized spacial score (nSPS) is 18.1. The monoisotopic (exact) mass is 253 g/mol. The molecule has 18 heavy (non-hydrogen) atoms. The summed E-state index contributed by atoms with van der Waals surface area (Å²) in [7, 11) is 0. The Labute approximate surface area is 105 Å². The molecule has 0 spiro atoms. The van der Waals surface area contributed by atoms with Crippen molar-refractivity contribution in [2.75, 3.05) is 19.7 Å². The highest BCUT2D eigenvalue weighted by Gasteiger charge is 2.19. The van der Waals surface area contributed by atoms with Crippen LogP contribution in [-0.4, -0.2) is 40.7 Å². The minimum absolute atomic E-state index is 0.300.